The van der Waals surface area contributed by atoms with Gasteiger partial charge in [-0.15, -0.1) is 0 Å². The quantitative estimate of drug-likeness (QED) is 0.746. The third-order valence-electron chi connectivity index (χ3n) is 5.62. The number of pyridine rings is 1. The summed E-state index contributed by atoms with van der Waals surface area (Å²) in [6.45, 7) is 1.82. The van der Waals surface area contributed by atoms with Crippen LogP contribution in [0.4, 0.5) is 10.5 Å². The number of halogens is 1. The summed E-state index contributed by atoms with van der Waals surface area (Å²) < 4.78 is 0.835. The Kier molecular flexibility index (Phi) is 4.15. The van der Waals surface area contributed by atoms with E-state index in [1.807, 2.05) is 24.4 Å². The summed E-state index contributed by atoms with van der Waals surface area (Å²) in [5.74, 6) is 0. The summed E-state index contributed by atoms with van der Waals surface area (Å²) in [6.07, 6.45) is 3.81. The molecular weight excluding hydrogens is 382 g/mol. The maximum Gasteiger partial charge on any atom is 0.405 e. The predicted octanol–water partition coefficient (Wildman–Crippen LogP) is 4.00. The number of anilines is 1. The van der Waals surface area contributed by atoms with Gasteiger partial charge in [0.05, 0.1) is 17.9 Å². The Bertz CT molecular complexity index is 786. The Morgan fingerprint density at radius 1 is 1.24 bits per heavy atom. The minimum atomic E-state index is -0.944. The summed E-state index contributed by atoms with van der Waals surface area (Å²) in [6, 6.07) is 12.1. The molecule has 130 valence electrons. The first-order valence-corrected chi connectivity index (χ1v) is 9.30. The van der Waals surface area contributed by atoms with Crippen molar-refractivity contribution in [1.82, 2.24) is 10.3 Å². The Labute approximate surface area is 155 Å². The van der Waals surface area contributed by atoms with Gasteiger partial charge in [0.15, 0.2) is 0 Å². The van der Waals surface area contributed by atoms with Crippen molar-refractivity contribution in [3.05, 3.63) is 58.3 Å². The first kappa shape index (κ1) is 16.4. The van der Waals surface area contributed by atoms with Gasteiger partial charge in [0, 0.05) is 18.5 Å². The maximum atomic E-state index is 11.4. The van der Waals surface area contributed by atoms with Gasteiger partial charge < -0.3 is 15.3 Å². The smallest absolute Gasteiger partial charge is 0.405 e. The van der Waals surface area contributed by atoms with Crippen LogP contribution in [0.5, 0.6) is 0 Å². The molecule has 2 heterocycles. The number of fused-ring (bicyclic) bond motifs is 1. The van der Waals surface area contributed by atoms with Crippen LogP contribution in [0.2, 0.25) is 0 Å². The van der Waals surface area contributed by atoms with Crippen molar-refractivity contribution in [3.63, 3.8) is 0 Å². The lowest BCUT2D eigenvalue weighted by Gasteiger charge is -2.44. The van der Waals surface area contributed by atoms with E-state index in [-0.39, 0.29) is 11.5 Å². The average molecular weight is 402 g/mol. The number of benzene rings is 1. The van der Waals surface area contributed by atoms with Gasteiger partial charge in [-0.25, -0.2) is 9.78 Å². The average Bonchev–Trinajstić information content (AvgIpc) is 2.89. The van der Waals surface area contributed by atoms with Gasteiger partial charge in [-0.2, -0.15) is 0 Å². The largest absolute Gasteiger partial charge is 0.465 e. The van der Waals surface area contributed by atoms with E-state index in [0.29, 0.717) is 0 Å². The Morgan fingerprint density at radius 2 is 2.00 bits per heavy atom. The van der Waals surface area contributed by atoms with Crippen LogP contribution >= 0.6 is 15.9 Å². The molecule has 0 radical (unpaired) electrons. The SMILES string of the molecule is O=C(O)N[C@@H]1c2ccccc2CC12CCN(c1ccc(Br)nc1)CC2. The van der Waals surface area contributed by atoms with Gasteiger partial charge >= 0.3 is 6.09 Å². The van der Waals surface area contributed by atoms with Crippen molar-refractivity contribution in [2.24, 2.45) is 5.41 Å². The van der Waals surface area contributed by atoms with Crippen LogP contribution in [-0.4, -0.2) is 29.3 Å². The molecule has 1 atom stereocenters. The van der Waals surface area contributed by atoms with Crippen LogP contribution in [-0.2, 0) is 6.42 Å². The van der Waals surface area contributed by atoms with Gasteiger partial charge in [-0.1, -0.05) is 24.3 Å². The molecule has 4 rings (SSSR count). The molecule has 1 fully saturated rings. The van der Waals surface area contributed by atoms with E-state index in [1.165, 1.54) is 5.56 Å². The zero-order valence-corrected chi connectivity index (χ0v) is 15.4. The fourth-order valence-corrected chi connectivity index (χ4v) is 4.61. The molecule has 1 amide bonds. The minimum Gasteiger partial charge on any atom is -0.465 e. The lowest BCUT2D eigenvalue weighted by molar-refractivity contribution is 0.141. The minimum absolute atomic E-state index is 0.0264. The standard InChI is InChI=1S/C19H20BrN3O2/c20-16-6-5-14(12-21-16)23-9-7-19(8-10-23)11-13-3-1-2-4-15(13)17(19)22-18(24)25/h1-6,12,17,22H,7-11H2,(H,24,25)/t17-/m1/s1. The summed E-state index contributed by atoms with van der Waals surface area (Å²) >= 11 is 3.37. The van der Waals surface area contributed by atoms with Crippen molar-refractivity contribution in [2.75, 3.05) is 18.0 Å². The van der Waals surface area contributed by atoms with Crippen LogP contribution in [0, 0.1) is 5.41 Å². The number of nitrogens with zero attached hydrogens (tertiary/aromatic N) is 2. The number of piperidine rings is 1. The molecule has 2 aliphatic rings. The van der Waals surface area contributed by atoms with Crippen LogP contribution in [0.15, 0.2) is 47.2 Å². The number of aromatic nitrogens is 1. The number of carboxylic acid groups (broad SMARTS) is 1. The van der Waals surface area contributed by atoms with Gasteiger partial charge in [-0.3, -0.25) is 0 Å². The molecule has 1 spiro atoms. The first-order chi connectivity index (χ1) is 12.1. The molecule has 1 aliphatic carbocycles. The highest BCUT2D eigenvalue weighted by atomic mass is 79.9. The number of amides is 1. The summed E-state index contributed by atoms with van der Waals surface area (Å²) in [4.78, 5) is 18.0. The monoisotopic (exact) mass is 401 g/mol. The first-order valence-electron chi connectivity index (χ1n) is 8.51. The van der Waals surface area contributed by atoms with Crippen molar-refractivity contribution in [3.8, 4) is 0 Å². The van der Waals surface area contributed by atoms with E-state index >= 15 is 0 Å². The van der Waals surface area contributed by atoms with Crippen molar-refractivity contribution >= 4 is 27.7 Å². The number of carbonyl (C=O) groups is 1. The highest BCUT2D eigenvalue weighted by molar-refractivity contribution is 9.10. The molecule has 1 aromatic heterocycles. The van der Waals surface area contributed by atoms with Crippen LogP contribution < -0.4 is 10.2 Å². The lowest BCUT2D eigenvalue weighted by atomic mass is 9.72. The van der Waals surface area contributed by atoms with Gasteiger partial charge in [0.2, 0.25) is 0 Å². The molecule has 1 saturated heterocycles. The number of nitrogens with one attached hydrogen (secondary N) is 1. The van der Waals surface area contributed by atoms with E-state index in [2.05, 4.69) is 49.3 Å². The fraction of sp³-hybridized carbons (Fsp3) is 0.368. The van der Waals surface area contributed by atoms with E-state index in [0.717, 1.165) is 48.2 Å². The fourth-order valence-electron chi connectivity index (χ4n) is 4.37. The van der Waals surface area contributed by atoms with E-state index in [4.69, 9.17) is 0 Å². The second kappa shape index (κ2) is 6.33. The van der Waals surface area contributed by atoms with E-state index in [1.54, 1.807) is 0 Å². The Morgan fingerprint density at radius 3 is 2.68 bits per heavy atom. The molecule has 25 heavy (non-hydrogen) atoms. The van der Waals surface area contributed by atoms with Crippen molar-refractivity contribution in [1.29, 1.82) is 0 Å². The third kappa shape index (κ3) is 2.99. The molecule has 1 aromatic carbocycles. The van der Waals surface area contributed by atoms with Gasteiger partial charge in [-0.05, 0) is 58.5 Å². The lowest BCUT2D eigenvalue weighted by Crippen LogP contribution is -2.46. The third-order valence-corrected chi connectivity index (χ3v) is 6.09. The highest BCUT2D eigenvalue weighted by Crippen LogP contribution is 2.52. The highest BCUT2D eigenvalue weighted by Gasteiger charge is 2.48. The molecule has 2 aromatic rings. The molecule has 1 aliphatic heterocycles. The van der Waals surface area contributed by atoms with Gasteiger partial charge in [0.1, 0.15) is 4.60 Å². The van der Waals surface area contributed by atoms with E-state index < -0.39 is 6.09 Å². The summed E-state index contributed by atoms with van der Waals surface area (Å²) in [5, 5.41) is 12.1. The van der Waals surface area contributed by atoms with Crippen molar-refractivity contribution < 1.29 is 9.90 Å². The number of rotatable bonds is 2. The van der Waals surface area contributed by atoms with Crippen LogP contribution in [0.3, 0.4) is 0 Å². The second-order valence-corrected chi connectivity index (χ2v) is 7.76. The maximum absolute atomic E-state index is 11.4. The van der Waals surface area contributed by atoms with Crippen molar-refractivity contribution in [2.45, 2.75) is 25.3 Å². The zero-order chi connectivity index (χ0) is 17.4. The molecule has 0 bridgehead atoms. The Hall–Kier alpha value is -2.08. The van der Waals surface area contributed by atoms with E-state index in [9.17, 15) is 9.90 Å². The van der Waals surface area contributed by atoms with Crippen LogP contribution in [0.25, 0.3) is 0 Å². The molecule has 2 N–H and O–H groups in total. The summed E-state index contributed by atoms with van der Waals surface area (Å²) in [5.41, 5.74) is 3.52. The Balaban J connectivity index is 1.56. The second-order valence-electron chi connectivity index (χ2n) is 6.95. The topological polar surface area (TPSA) is 65.5 Å². The normalized spacial score (nSPS) is 21.2. The molecule has 6 heteroatoms. The predicted molar refractivity (Wildman–Crippen MR) is 99.9 cm³/mol. The molecule has 0 unspecified atom stereocenters. The van der Waals surface area contributed by atoms with Gasteiger partial charge in [0.25, 0.3) is 0 Å². The number of hydrogen-bond acceptors (Lipinski definition) is 3. The molecule has 5 nitrogen and oxygen atoms in total. The summed E-state index contributed by atoms with van der Waals surface area (Å²) in [7, 11) is 0. The number of hydrogen-bond donors (Lipinski definition) is 2. The zero-order valence-electron chi connectivity index (χ0n) is 13.8. The molecule has 0 saturated carbocycles. The van der Waals surface area contributed by atoms with Crippen LogP contribution in [0.1, 0.15) is 30.0 Å². The molecular formula is C19H20BrN3O2.